The monoisotopic (exact) mass is 207 g/mol. The maximum Gasteiger partial charge on any atom is 0.337 e. The van der Waals surface area contributed by atoms with Crippen LogP contribution < -0.4 is 0 Å². The first kappa shape index (κ1) is 11.7. The highest BCUT2D eigenvalue weighted by molar-refractivity contribution is 5.89. The number of hydrogen-bond acceptors (Lipinski definition) is 2. The summed E-state index contributed by atoms with van der Waals surface area (Å²) in [6.07, 6.45) is 4.00. The number of rotatable bonds is 2. The molecular weight excluding hydrogens is 190 g/mol. The van der Waals surface area contributed by atoms with Crippen LogP contribution in [0.1, 0.15) is 49.2 Å². The highest BCUT2D eigenvalue weighted by Crippen LogP contribution is 2.29. The molecule has 1 rings (SSSR count). The number of hydrogen-bond donors (Lipinski definition) is 1. The average molecular weight is 207 g/mol. The van der Waals surface area contributed by atoms with Gasteiger partial charge in [-0.3, -0.25) is 4.98 Å². The van der Waals surface area contributed by atoms with Crippen molar-refractivity contribution in [3.05, 3.63) is 29.1 Å². The summed E-state index contributed by atoms with van der Waals surface area (Å²) in [4.78, 5) is 15.1. The van der Waals surface area contributed by atoms with Crippen LogP contribution in [-0.2, 0) is 11.8 Å². The number of nitrogens with zero attached hydrogens (tertiary/aromatic N) is 1. The molecule has 0 aliphatic rings. The molecule has 82 valence electrons. The Balaban J connectivity index is 3.47. The fourth-order valence-corrected chi connectivity index (χ4v) is 1.82. The minimum Gasteiger partial charge on any atom is -0.478 e. The van der Waals surface area contributed by atoms with Crippen LogP contribution in [0.3, 0.4) is 0 Å². The van der Waals surface area contributed by atoms with Crippen molar-refractivity contribution in [3.8, 4) is 0 Å². The van der Waals surface area contributed by atoms with Crippen LogP contribution in [-0.4, -0.2) is 16.1 Å². The van der Waals surface area contributed by atoms with Crippen LogP contribution in [0, 0.1) is 0 Å². The first-order valence-electron chi connectivity index (χ1n) is 5.08. The molecule has 3 heteroatoms. The van der Waals surface area contributed by atoms with E-state index in [1.807, 2.05) is 27.7 Å². The van der Waals surface area contributed by atoms with Crippen molar-refractivity contribution in [1.82, 2.24) is 4.98 Å². The lowest BCUT2D eigenvalue weighted by atomic mass is 9.81. The van der Waals surface area contributed by atoms with E-state index in [1.54, 1.807) is 6.20 Å². The van der Waals surface area contributed by atoms with Crippen molar-refractivity contribution in [2.75, 3.05) is 0 Å². The molecule has 0 atom stereocenters. The Morgan fingerprint density at radius 3 is 2.40 bits per heavy atom. The number of aromatic nitrogens is 1. The Hall–Kier alpha value is -1.38. The molecule has 0 bridgehead atoms. The predicted octanol–water partition coefficient (Wildman–Crippen LogP) is 2.64. The third-order valence-corrected chi connectivity index (χ3v) is 2.39. The van der Waals surface area contributed by atoms with Crippen molar-refractivity contribution in [3.63, 3.8) is 0 Å². The van der Waals surface area contributed by atoms with E-state index < -0.39 is 5.97 Å². The van der Waals surface area contributed by atoms with E-state index in [1.165, 1.54) is 6.20 Å². The highest BCUT2D eigenvalue weighted by atomic mass is 16.4. The number of carboxylic acids is 1. The molecule has 0 aliphatic carbocycles. The minimum absolute atomic E-state index is 0.165. The zero-order valence-electron chi connectivity index (χ0n) is 9.66. The van der Waals surface area contributed by atoms with E-state index in [0.717, 1.165) is 17.5 Å². The standard InChI is InChI=1S/C12H17NO2/c1-5-8-6-13-7-9(11(14)15)10(8)12(2,3)4/h6-7H,5H2,1-4H3,(H,14,15). The molecule has 1 aromatic heterocycles. The normalized spacial score (nSPS) is 11.5. The Bertz CT molecular complexity index is 378. The average Bonchev–Trinajstić information content (AvgIpc) is 2.15. The Morgan fingerprint density at radius 2 is 2.00 bits per heavy atom. The molecule has 0 fully saturated rings. The molecule has 0 radical (unpaired) electrons. The third-order valence-electron chi connectivity index (χ3n) is 2.39. The van der Waals surface area contributed by atoms with Gasteiger partial charge in [0.1, 0.15) is 0 Å². The zero-order chi connectivity index (χ0) is 11.6. The molecule has 0 unspecified atom stereocenters. The van der Waals surface area contributed by atoms with Crippen molar-refractivity contribution < 1.29 is 9.90 Å². The van der Waals surface area contributed by atoms with Crippen LogP contribution in [0.25, 0.3) is 0 Å². The Labute approximate surface area is 90.2 Å². The maximum absolute atomic E-state index is 11.1. The van der Waals surface area contributed by atoms with E-state index in [4.69, 9.17) is 5.11 Å². The van der Waals surface area contributed by atoms with Gasteiger partial charge in [0.2, 0.25) is 0 Å². The van der Waals surface area contributed by atoms with Crippen LogP contribution in [0.15, 0.2) is 12.4 Å². The van der Waals surface area contributed by atoms with Crippen molar-refractivity contribution in [2.24, 2.45) is 0 Å². The van der Waals surface area contributed by atoms with E-state index in [-0.39, 0.29) is 5.41 Å². The van der Waals surface area contributed by atoms with Crippen LogP contribution in [0.2, 0.25) is 0 Å². The van der Waals surface area contributed by atoms with Gasteiger partial charge in [0.25, 0.3) is 0 Å². The van der Waals surface area contributed by atoms with Gasteiger partial charge in [0, 0.05) is 12.4 Å². The smallest absolute Gasteiger partial charge is 0.337 e. The Morgan fingerprint density at radius 1 is 1.40 bits per heavy atom. The summed E-state index contributed by atoms with van der Waals surface area (Å²) < 4.78 is 0. The first-order valence-corrected chi connectivity index (χ1v) is 5.08. The lowest BCUT2D eigenvalue weighted by Gasteiger charge is -2.24. The molecule has 0 spiro atoms. The van der Waals surface area contributed by atoms with E-state index in [9.17, 15) is 4.79 Å². The molecule has 0 amide bonds. The molecule has 1 heterocycles. The van der Waals surface area contributed by atoms with Gasteiger partial charge in [-0.05, 0) is 23.0 Å². The summed E-state index contributed by atoms with van der Waals surface area (Å²) in [5, 5.41) is 9.11. The van der Waals surface area contributed by atoms with Crippen molar-refractivity contribution in [2.45, 2.75) is 39.5 Å². The lowest BCUT2D eigenvalue weighted by Crippen LogP contribution is -2.20. The predicted molar refractivity (Wildman–Crippen MR) is 59.3 cm³/mol. The van der Waals surface area contributed by atoms with Crippen LogP contribution in [0.5, 0.6) is 0 Å². The summed E-state index contributed by atoms with van der Waals surface area (Å²) in [6.45, 7) is 8.08. The van der Waals surface area contributed by atoms with Gasteiger partial charge in [0.05, 0.1) is 5.56 Å². The van der Waals surface area contributed by atoms with Gasteiger partial charge >= 0.3 is 5.97 Å². The number of aryl methyl sites for hydroxylation is 1. The summed E-state index contributed by atoms with van der Waals surface area (Å²) >= 11 is 0. The largest absolute Gasteiger partial charge is 0.478 e. The molecule has 0 saturated carbocycles. The topological polar surface area (TPSA) is 50.2 Å². The summed E-state index contributed by atoms with van der Waals surface area (Å²) in [5.74, 6) is -0.900. The van der Waals surface area contributed by atoms with Crippen molar-refractivity contribution >= 4 is 5.97 Å². The number of carbonyl (C=O) groups is 1. The van der Waals surface area contributed by atoms with Gasteiger partial charge in [-0.2, -0.15) is 0 Å². The van der Waals surface area contributed by atoms with Gasteiger partial charge in [-0.15, -0.1) is 0 Å². The second kappa shape index (κ2) is 4.01. The van der Waals surface area contributed by atoms with Gasteiger partial charge in [0.15, 0.2) is 0 Å². The molecule has 15 heavy (non-hydrogen) atoms. The lowest BCUT2D eigenvalue weighted by molar-refractivity contribution is 0.0693. The SMILES string of the molecule is CCc1cncc(C(=O)O)c1C(C)(C)C. The zero-order valence-corrected chi connectivity index (χ0v) is 9.66. The van der Waals surface area contributed by atoms with E-state index in [2.05, 4.69) is 4.98 Å². The third kappa shape index (κ3) is 2.35. The first-order chi connectivity index (χ1) is 6.88. The molecule has 0 aliphatic heterocycles. The summed E-state index contributed by atoms with van der Waals surface area (Å²) in [5.41, 5.74) is 2.07. The van der Waals surface area contributed by atoms with Gasteiger partial charge in [-0.25, -0.2) is 4.79 Å². The Kier molecular flexibility index (Phi) is 3.12. The fraction of sp³-hybridized carbons (Fsp3) is 0.500. The van der Waals surface area contributed by atoms with E-state index in [0.29, 0.717) is 5.56 Å². The second-order valence-electron chi connectivity index (χ2n) is 4.63. The molecule has 3 nitrogen and oxygen atoms in total. The summed E-state index contributed by atoms with van der Waals surface area (Å²) in [7, 11) is 0. The van der Waals surface area contributed by atoms with Crippen molar-refractivity contribution in [1.29, 1.82) is 0 Å². The van der Waals surface area contributed by atoms with Gasteiger partial charge in [-0.1, -0.05) is 27.7 Å². The molecule has 1 aromatic rings. The van der Waals surface area contributed by atoms with Crippen LogP contribution in [0.4, 0.5) is 0 Å². The number of carboxylic acid groups (broad SMARTS) is 1. The minimum atomic E-state index is -0.900. The number of pyridine rings is 1. The highest BCUT2D eigenvalue weighted by Gasteiger charge is 2.24. The molecule has 0 saturated heterocycles. The second-order valence-corrected chi connectivity index (χ2v) is 4.63. The fourth-order valence-electron chi connectivity index (χ4n) is 1.82. The van der Waals surface area contributed by atoms with Gasteiger partial charge < -0.3 is 5.11 Å². The molecular formula is C12H17NO2. The molecule has 0 aromatic carbocycles. The molecule has 1 N–H and O–H groups in total. The van der Waals surface area contributed by atoms with E-state index >= 15 is 0 Å². The van der Waals surface area contributed by atoms with Crippen LogP contribution >= 0.6 is 0 Å². The quantitative estimate of drug-likeness (QED) is 0.811. The maximum atomic E-state index is 11.1. The number of aromatic carboxylic acids is 1. The summed E-state index contributed by atoms with van der Waals surface area (Å²) in [6, 6.07) is 0.